The number of halogens is 1. The largest absolute Gasteiger partial charge is 0.480 e. The molecule has 0 bridgehead atoms. The molecule has 10 heavy (non-hydrogen) atoms. The lowest BCUT2D eigenvalue weighted by atomic mass is 10.5. The van der Waals surface area contributed by atoms with Crippen molar-refractivity contribution in [1.29, 1.82) is 0 Å². The van der Waals surface area contributed by atoms with Crippen LogP contribution in [0.4, 0.5) is 0 Å². The van der Waals surface area contributed by atoms with E-state index in [1.54, 1.807) is 18.3 Å². The van der Waals surface area contributed by atoms with Crippen LogP contribution in [-0.2, 0) is 0 Å². The van der Waals surface area contributed by atoms with Crippen LogP contribution in [-0.4, -0.2) is 17.6 Å². The topological polar surface area (TPSA) is 53.6 Å². The lowest BCUT2D eigenvalue weighted by Crippen LogP contribution is -1.85. The second-order valence-corrected chi connectivity index (χ2v) is 1.90. The number of methoxy groups -OCH3 is 1. The van der Waals surface area contributed by atoms with E-state index in [0.29, 0.717) is 10.9 Å². The molecule has 56 valence electrons. The lowest BCUT2D eigenvalue weighted by Gasteiger charge is -1.97. The fourth-order valence-corrected chi connectivity index (χ4v) is 0.720. The number of hydrogen-bond donors (Lipinski definition) is 0. The molecule has 0 spiro atoms. The Morgan fingerprint density at radius 1 is 1.60 bits per heavy atom. The molecule has 1 aromatic heterocycles. The molecule has 0 aliphatic rings. The van der Waals surface area contributed by atoms with Crippen LogP contribution in [0.2, 0.25) is 5.02 Å². The number of aromatic nitrogens is 1. The van der Waals surface area contributed by atoms with Gasteiger partial charge in [-0.05, 0) is 12.1 Å². The average molecular weight is 162 g/mol. The van der Waals surface area contributed by atoms with Crippen LogP contribution in [0.5, 0.6) is 5.88 Å². The number of hydrogen-bond acceptors (Lipinski definition) is 2. The molecule has 0 saturated heterocycles. The van der Waals surface area contributed by atoms with Crippen LogP contribution in [0.25, 0.3) is 0 Å². The summed E-state index contributed by atoms with van der Waals surface area (Å²) in [6.45, 7) is 0. The maximum absolute atomic E-state index is 5.64. The van der Waals surface area contributed by atoms with Gasteiger partial charge >= 0.3 is 0 Å². The van der Waals surface area contributed by atoms with Crippen LogP contribution in [0.1, 0.15) is 0 Å². The lowest BCUT2D eigenvalue weighted by molar-refractivity contribution is 0.398. The summed E-state index contributed by atoms with van der Waals surface area (Å²) in [4.78, 5) is 3.84. The Balaban J connectivity index is 0.000000810. The maximum Gasteiger partial charge on any atom is 0.232 e. The predicted octanol–water partition coefficient (Wildman–Crippen LogP) is 0.919. The second-order valence-electron chi connectivity index (χ2n) is 1.49. The number of nitrogens with zero attached hydrogens (tertiary/aromatic N) is 1. The third kappa shape index (κ3) is 1.86. The SMILES string of the molecule is COc1ncccc1Cl.O. The minimum absolute atomic E-state index is 0. The fourth-order valence-electron chi connectivity index (χ4n) is 0.521. The summed E-state index contributed by atoms with van der Waals surface area (Å²) in [6.07, 6.45) is 1.63. The first-order valence-electron chi connectivity index (χ1n) is 2.49. The zero-order valence-electron chi connectivity index (χ0n) is 5.47. The van der Waals surface area contributed by atoms with Gasteiger partial charge in [-0.25, -0.2) is 4.98 Å². The summed E-state index contributed by atoms with van der Waals surface area (Å²) in [5.74, 6) is 0.471. The summed E-state index contributed by atoms with van der Waals surface area (Å²) in [5, 5.41) is 0.542. The van der Waals surface area contributed by atoms with Gasteiger partial charge in [0.25, 0.3) is 0 Å². The van der Waals surface area contributed by atoms with Gasteiger partial charge in [-0.1, -0.05) is 11.6 Å². The molecule has 0 atom stereocenters. The van der Waals surface area contributed by atoms with Crippen molar-refractivity contribution in [2.75, 3.05) is 7.11 Å². The van der Waals surface area contributed by atoms with Gasteiger partial charge in [0.1, 0.15) is 5.02 Å². The van der Waals surface area contributed by atoms with E-state index < -0.39 is 0 Å². The third-order valence-corrected chi connectivity index (χ3v) is 1.21. The van der Waals surface area contributed by atoms with E-state index in [9.17, 15) is 0 Å². The summed E-state index contributed by atoms with van der Waals surface area (Å²) in [5.41, 5.74) is 0. The smallest absolute Gasteiger partial charge is 0.232 e. The molecule has 0 fully saturated rings. The Morgan fingerprint density at radius 3 is 2.70 bits per heavy atom. The standard InChI is InChI=1S/C6H6ClNO.H2O/c1-9-6-5(7)3-2-4-8-6;/h2-4H,1H3;1H2. The Labute approximate surface area is 63.9 Å². The third-order valence-electron chi connectivity index (χ3n) is 0.918. The van der Waals surface area contributed by atoms with Crippen molar-refractivity contribution < 1.29 is 10.2 Å². The number of ether oxygens (including phenoxy) is 1. The Morgan fingerprint density at radius 2 is 2.30 bits per heavy atom. The molecule has 2 N–H and O–H groups in total. The van der Waals surface area contributed by atoms with E-state index >= 15 is 0 Å². The molecule has 1 aromatic rings. The van der Waals surface area contributed by atoms with Gasteiger partial charge in [0.2, 0.25) is 5.88 Å². The van der Waals surface area contributed by atoms with Gasteiger partial charge in [-0.3, -0.25) is 0 Å². The first kappa shape index (κ1) is 9.20. The maximum atomic E-state index is 5.64. The van der Waals surface area contributed by atoms with Crippen molar-refractivity contribution in [2.24, 2.45) is 0 Å². The monoisotopic (exact) mass is 161 g/mol. The van der Waals surface area contributed by atoms with Crippen molar-refractivity contribution in [2.45, 2.75) is 0 Å². The molecule has 1 heterocycles. The highest BCUT2D eigenvalue weighted by atomic mass is 35.5. The van der Waals surface area contributed by atoms with Crippen molar-refractivity contribution in [3.05, 3.63) is 23.4 Å². The minimum atomic E-state index is 0. The molecular weight excluding hydrogens is 154 g/mol. The van der Waals surface area contributed by atoms with E-state index in [-0.39, 0.29) is 5.48 Å². The highest BCUT2D eigenvalue weighted by Crippen LogP contribution is 2.18. The van der Waals surface area contributed by atoms with E-state index in [4.69, 9.17) is 16.3 Å². The Kier molecular flexibility index (Phi) is 3.76. The average Bonchev–Trinajstić information content (AvgIpc) is 1.89. The van der Waals surface area contributed by atoms with Gasteiger partial charge in [0.05, 0.1) is 7.11 Å². The molecule has 3 nitrogen and oxygen atoms in total. The highest BCUT2D eigenvalue weighted by molar-refractivity contribution is 6.31. The normalized spacial score (nSPS) is 8.20. The molecule has 0 unspecified atom stereocenters. The van der Waals surface area contributed by atoms with Crippen LogP contribution in [0.15, 0.2) is 18.3 Å². The zero-order chi connectivity index (χ0) is 6.69. The van der Waals surface area contributed by atoms with Crippen LogP contribution in [0.3, 0.4) is 0 Å². The van der Waals surface area contributed by atoms with Crippen molar-refractivity contribution >= 4 is 11.6 Å². The molecule has 0 amide bonds. The fraction of sp³-hybridized carbons (Fsp3) is 0.167. The minimum Gasteiger partial charge on any atom is -0.480 e. The van der Waals surface area contributed by atoms with Gasteiger partial charge < -0.3 is 10.2 Å². The molecule has 0 aromatic carbocycles. The first-order valence-corrected chi connectivity index (χ1v) is 2.87. The Hall–Kier alpha value is -0.800. The van der Waals surface area contributed by atoms with E-state index in [2.05, 4.69) is 4.98 Å². The van der Waals surface area contributed by atoms with Crippen LogP contribution < -0.4 is 4.74 Å². The molecule has 0 radical (unpaired) electrons. The first-order chi connectivity index (χ1) is 4.34. The van der Waals surface area contributed by atoms with Crippen molar-refractivity contribution in [3.63, 3.8) is 0 Å². The zero-order valence-corrected chi connectivity index (χ0v) is 6.22. The Bertz CT molecular complexity index is 205. The number of pyridine rings is 1. The summed E-state index contributed by atoms with van der Waals surface area (Å²) >= 11 is 5.64. The second kappa shape index (κ2) is 4.09. The molecule has 0 aliphatic carbocycles. The molecule has 0 saturated carbocycles. The highest BCUT2D eigenvalue weighted by Gasteiger charge is 1.95. The van der Waals surface area contributed by atoms with Gasteiger partial charge in [-0.2, -0.15) is 0 Å². The van der Waals surface area contributed by atoms with E-state index in [0.717, 1.165) is 0 Å². The molecule has 1 rings (SSSR count). The van der Waals surface area contributed by atoms with Crippen LogP contribution in [0, 0.1) is 0 Å². The van der Waals surface area contributed by atoms with Gasteiger partial charge in [0, 0.05) is 6.20 Å². The van der Waals surface area contributed by atoms with E-state index in [1.807, 2.05) is 0 Å². The summed E-state index contributed by atoms with van der Waals surface area (Å²) in [7, 11) is 1.54. The van der Waals surface area contributed by atoms with Crippen LogP contribution >= 0.6 is 11.6 Å². The quantitative estimate of drug-likeness (QED) is 0.615. The molecular formula is C6H8ClNO2. The van der Waals surface area contributed by atoms with Crippen molar-refractivity contribution in [1.82, 2.24) is 4.98 Å². The van der Waals surface area contributed by atoms with Gasteiger partial charge in [0.15, 0.2) is 0 Å². The predicted molar refractivity (Wildman–Crippen MR) is 39.4 cm³/mol. The summed E-state index contributed by atoms with van der Waals surface area (Å²) in [6, 6.07) is 3.48. The van der Waals surface area contributed by atoms with Gasteiger partial charge in [-0.15, -0.1) is 0 Å². The number of rotatable bonds is 1. The molecule has 0 aliphatic heterocycles. The molecule has 4 heteroatoms. The van der Waals surface area contributed by atoms with E-state index in [1.165, 1.54) is 7.11 Å². The summed E-state index contributed by atoms with van der Waals surface area (Å²) < 4.78 is 4.80. The van der Waals surface area contributed by atoms with Crippen molar-refractivity contribution in [3.8, 4) is 5.88 Å².